The Morgan fingerprint density at radius 2 is 1.92 bits per heavy atom. The van der Waals surface area contributed by atoms with Crippen molar-refractivity contribution < 1.29 is 4.79 Å². The molecule has 3 rings (SSSR count). The van der Waals surface area contributed by atoms with Gasteiger partial charge in [0.1, 0.15) is 0 Å². The maximum absolute atomic E-state index is 12.2. The summed E-state index contributed by atoms with van der Waals surface area (Å²) in [6, 6.07) is 8.97. The van der Waals surface area contributed by atoms with Crippen LogP contribution in [0.1, 0.15) is 30.4 Å². The van der Waals surface area contributed by atoms with E-state index < -0.39 is 0 Å². The SMILES string of the molecule is Cc1ccccc1CN1CCC(NC(=O)C2CCNC2)CC1.Cl.Cl. The number of nitrogens with one attached hydrogen (secondary N) is 2. The summed E-state index contributed by atoms with van der Waals surface area (Å²) in [5, 5.41) is 6.51. The molecule has 2 aliphatic rings. The van der Waals surface area contributed by atoms with E-state index in [1.807, 2.05) is 0 Å². The second-order valence-corrected chi connectivity index (χ2v) is 6.68. The van der Waals surface area contributed by atoms with Gasteiger partial charge in [-0.05, 0) is 43.9 Å². The van der Waals surface area contributed by atoms with Crippen LogP contribution in [0.15, 0.2) is 24.3 Å². The molecule has 4 nitrogen and oxygen atoms in total. The first-order chi connectivity index (χ1) is 10.7. The lowest BCUT2D eigenvalue weighted by Gasteiger charge is -2.33. The number of piperidine rings is 1. The minimum absolute atomic E-state index is 0. The minimum Gasteiger partial charge on any atom is -0.353 e. The molecular formula is C18H29Cl2N3O. The predicted molar refractivity (Wildman–Crippen MR) is 103 cm³/mol. The third kappa shape index (κ3) is 5.62. The van der Waals surface area contributed by atoms with E-state index >= 15 is 0 Å². The molecule has 2 N–H and O–H groups in total. The number of nitrogens with zero attached hydrogens (tertiary/aromatic N) is 1. The van der Waals surface area contributed by atoms with E-state index in [0.717, 1.165) is 52.0 Å². The van der Waals surface area contributed by atoms with E-state index in [1.165, 1.54) is 11.1 Å². The normalized spacial score (nSPS) is 21.6. The highest BCUT2D eigenvalue weighted by atomic mass is 35.5. The zero-order valence-corrected chi connectivity index (χ0v) is 15.9. The highest BCUT2D eigenvalue weighted by Gasteiger charge is 2.26. The molecule has 0 bridgehead atoms. The first-order valence-electron chi connectivity index (χ1n) is 8.50. The second-order valence-electron chi connectivity index (χ2n) is 6.68. The Balaban J connectivity index is 0.00000144. The number of likely N-dealkylation sites (tertiary alicyclic amines) is 1. The van der Waals surface area contributed by atoms with Gasteiger partial charge in [-0.2, -0.15) is 0 Å². The van der Waals surface area contributed by atoms with Crippen LogP contribution in [0.4, 0.5) is 0 Å². The van der Waals surface area contributed by atoms with Gasteiger partial charge in [-0.3, -0.25) is 9.69 Å². The van der Waals surface area contributed by atoms with Crippen LogP contribution in [0.2, 0.25) is 0 Å². The van der Waals surface area contributed by atoms with Gasteiger partial charge in [0.25, 0.3) is 0 Å². The summed E-state index contributed by atoms with van der Waals surface area (Å²) in [6.45, 7) is 7.17. The van der Waals surface area contributed by atoms with Crippen molar-refractivity contribution in [1.82, 2.24) is 15.5 Å². The largest absolute Gasteiger partial charge is 0.353 e. The van der Waals surface area contributed by atoms with Crippen LogP contribution in [0, 0.1) is 12.8 Å². The minimum atomic E-state index is 0. The van der Waals surface area contributed by atoms with Crippen molar-refractivity contribution in [2.24, 2.45) is 5.92 Å². The van der Waals surface area contributed by atoms with Crippen LogP contribution in [0.3, 0.4) is 0 Å². The molecular weight excluding hydrogens is 345 g/mol. The van der Waals surface area contributed by atoms with E-state index in [-0.39, 0.29) is 36.6 Å². The number of carbonyl (C=O) groups is 1. The van der Waals surface area contributed by atoms with Gasteiger partial charge in [0.05, 0.1) is 5.92 Å². The standard InChI is InChI=1S/C18H27N3O.2ClH/c1-14-4-2-3-5-16(14)13-21-10-7-17(8-11-21)20-18(22)15-6-9-19-12-15;;/h2-5,15,17,19H,6-13H2,1H3,(H,20,22);2*1H. The van der Waals surface area contributed by atoms with Gasteiger partial charge in [-0.1, -0.05) is 24.3 Å². The quantitative estimate of drug-likeness (QED) is 0.851. The summed E-state index contributed by atoms with van der Waals surface area (Å²) in [4.78, 5) is 14.7. The van der Waals surface area contributed by atoms with E-state index in [0.29, 0.717) is 6.04 Å². The van der Waals surface area contributed by atoms with Gasteiger partial charge in [0, 0.05) is 32.2 Å². The summed E-state index contributed by atoms with van der Waals surface area (Å²) in [6.07, 6.45) is 3.12. The lowest BCUT2D eigenvalue weighted by molar-refractivity contribution is -0.125. The molecule has 0 saturated carbocycles. The summed E-state index contributed by atoms with van der Waals surface area (Å²) in [7, 11) is 0. The lowest BCUT2D eigenvalue weighted by atomic mass is 10.0. The molecule has 0 spiro atoms. The molecule has 2 heterocycles. The lowest BCUT2D eigenvalue weighted by Crippen LogP contribution is -2.46. The Kier molecular flexibility index (Phi) is 9.06. The average molecular weight is 374 g/mol. The fourth-order valence-corrected chi connectivity index (χ4v) is 3.46. The Morgan fingerprint density at radius 1 is 1.21 bits per heavy atom. The summed E-state index contributed by atoms with van der Waals surface area (Å²) in [5.41, 5.74) is 2.79. The van der Waals surface area contributed by atoms with Crippen molar-refractivity contribution in [1.29, 1.82) is 0 Å². The number of halogens is 2. The van der Waals surface area contributed by atoms with Gasteiger partial charge in [0.2, 0.25) is 5.91 Å². The number of amides is 1. The Bertz CT molecular complexity index is 513. The van der Waals surface area contributed by atoms with Crippen molar-refractivity contribution in [3.05, 3.63) is 35.4 Å². The van der Waals surface area contributed by atoms with Crippen molar-refractivity contribution in [3.8, 4) is 0 Å². The van der Waals surface area contributed by atoms with Gasteiger partial charge < -0.3 is 10.6 Å². The molecule has 1 aromatic rings. The molecule has 2 saturated heterocycles. The van der Waals surface area contributed by atoms with E-state index in [1.54, 1.807) is 0 Å². The molecule has 136 valence electrons. The van der Waals surface area contributed by atoms with Crippen molar-refractivity contribution >= 4 is 30.7 Å². The van der Waals surface area contributed by atoms with Gasteiger partial charge >= 0.3 is 0 Å². The number of aryl methyl sites for hydroxylation is 1. The van der Waals surface area contributed by atoms with Gasteiger partial charge in [-0.15, -0.1) is 24.8 Å². The van der Waals surface area contributed by atoms with E-state index in [9.17, 15) is 4.79 Å². The zero-order chi connectivity index (χ0) is 15.4. The summed E-state index contributed by atoms with van der Waals surface area (Å²) >= 11 is 0. The maximum atomic E-state index is 12.2. The number of hydrogen-bond donors (Lipinski definition) is 2. The fraction of sp³-hybridized carbons (Fsp3) is 0.611. The van der Waals surface area contributed by atoms with Crippen molar-refractivity contribution in [2.45, 2.75) is 38.8 Å². The molecule has 2 aliphatic heterocycles. The molecule has 1 aromatic carbocycles. The highest BCUT2D eigenvalue weighted by Crippen LogP contribution is 2.17. The fourth-order valence-electron chi connectivity index (χ4n) is 3.46. The van der Waals surface area contributed by atoms with Crippen LogP contribution < -0.4 is 10.6 Å². The topological polar surface area (TPSA) is 44.4 Å². The smallest absolute Gasteiger partial charge is 0.224 e. The number of rotatable bonds is 4. The number of carbonyl (C=O) groups excluding carboxylic acids is 1. The van der Waals surface area contributed by atoms with Crippen LogP contribution in [0.25, 0.3) is 0 Å². The number of hydrogen-bond acceptors (Lipinski definition) is 3. The first kappa shape index (κ1) is 21.2. The summed E-state index contributed by atoms with van der Waals surface area (Å²) < 4.78 is 0. The Hall–Kier alpha value is -0.810. The third-order valence-electron chi connectivity index (χ3n) is 5.02. The van der Waals surface area contributed by atoms with Gasteiger partial charge in [-0.25, -0.2) is 0 Å². The van der Waals surface area contributed by atoms with E-state index in [2.05, 4.69) is 46.7 Å². The zero-order valence-electron chi connectivity index (χ0n) is 14.3. The van der Waals surface area contributed by atoms with Crippen LogP contribution >= 0.6 is 24.8 Å². The third-order valence-corrected chi connectivity index (χ3v) is 5.02. The average Bonchev–Trinajstić information content (AvgIpc) is 3.06. The molecule has 1 unspecified atom stereocenters. The monoisotopic (exact) mass is 373 g/mol. The van der Waals surface area contributed by atoms with Crippen molar-refractivity contribution in [2.75, 3.05) is 26.2 Å². The maximum Gasteiger partial charge on any atom is 0.224 e. The molecule has 1 atom stereocenters. The van der Waals surface area contributed by atoms with Crippen LogP contribution in [-0.4, -0.2) is 43.0 Å². The first-order valence-corrected chi connectivity index (χ1v) is 8.50. The molecule has 2 fully saturated rings. The molecule has 0 radical (unpaired) electrons. The Morgan fingerprint density at radius 3 is 2.54 bits per heavy atom. The second kappa shape index (κ2) is 10.2. The van der Waals surface area contributed by atoms with E-state index in [4.69, 9.17) is 0 Å². The molecule has 24 heavy (non-hydrogen) atoms. The van der Waals surface area contributed by atoms with Crippen LogP contribution in [0.5, 0.6) is 0 Å². The number of benzene rings is 1. The predicted octanol–water partition coefficient (Wildman–Crippen LogP) is 2.53. The van der Waals surface area contributed by atoms with Crippen molar-refractivity contribution in [3.63, 3.8) is 0 Å². The molecule has 1 amide bonds. The van der Waals surface area contributed by atoms with Gasteiger partial charge in [0.15, 0.2) is 0 Å². The highest BCUT2D eigenvalue weighted by molar-refractivity contribution is 5.85. The Labute approximate surface area is 157 Å². The molecule has 0 aliphatic carbocycles. The van der Waals surface area contributed by atoms with Crippen LogP contribution in [-0.2, 0) is 11.3 Å². The summed E-state index contributed by atoms with van der Waals surface area (Å²) in [5.74, 6) is 0.437. The molecule has 6 heteroatoms. The molecule has 0 aromatic heterocycles.